The van der Waals surface area contributed by atoms with E-state index >= 15 is 0 Å². The molecule has 2 aliphatic rings. The molecule has 1 aromatic carbocycles. The Balaban J connectivity index is 1.38. The lowest BCUT2D eigenvalue weighted by Gasteiger charge is -2.38. The smallest absolute Gasteiger partial charge is 0.417 e. The summed E-state index contributed by atoms with van der Waals surface area (Å²) in [5.74, 6) is 0.224. The second-order valence-corrected chi connectivity index (χ2v) is 8.13. The number of aromatic nitrogens is 4. The standard InChI is InChI=1S/C22H20F3N5O2/c1-13-14-10-18(19(11-14)32-20-7-6-15(12-26-20)22(23,24)25)29(13)21(31)16-4-2-3-5-17(16)30-27-8-9-28-30/h2-9,12-14,18-19H,10-11H2,1H3/t13-,14-,18+,19-/m0/s1. The first-order chi connectivity index (χ1) is 15.3. The summed E-state index contributed by atoms with van der Waals surface area (Å²) < 4.78 is 44.3. The summed E-state index contributed by atoms with van der Waals surface area (Å²) in [6.07, 6.45) is 0.570. The molecule has 7 nitrogen and oxygen atoms in total. The van der Waals surface area contributed by atoms with Crippen molar-refractivity contribution < 1.29 is 22.7 Å². The van der Waals surface area contributed by atoms with Gasteiger partial charge in [0.2, 0.25) is 5.88 Å². The van der Waals surface area contributed by atoms with Crippen molar-refractivity contribution in [2.75, 3.05) is 0 Å². The molecular weight excluding hydrogens is 423 g/mol. The zero-order chi connectivity index (χ0) is 22.5. The number of halogens is 3. The van der Waals surface area contributed by atoms with Crippen LogP contribution in [0.1, 0.15) is 35.7 Å². The number of hydrogen-bond acceptors (Lipinski definition) is 5. The molecule has 0 unspecified atom stereocenters. The van der Waals surface area contributed by atoms with Crippen LogP contribution in [0.5, 0.6) is 5.88 Å². The Morgan fingerprint density at radius 1 is 1.09 bits per heavy atom. The Morgan fingerprint density at radius 3 is 2.50 bits per heavy atom. The highest BCUT2D eigenvalue weighted by Crippen LogP contribution is 2.44. The first-order valence-electron chi connectivity index (χ1n) is 10.3. The van der Waals surface area contributed by atoms with E-state index in [1.807, 2.05) is 17.9 Å². The number of carbonyl (C=O) groups is 1. The van der Waals surface area contributed by atoms with Crippen molar-refractivity contribution in [3.63, 3.8) is 0 Å². The number of alkyl halides is 3. The summed E-state index contributed by atoms with van der Waals surface area (Å²) in [7, 11) is 0. The molecule has 1 aliphatic carbocycles. The van der Waals surface area contributed by atoms with Crippen LogP contribution < -0.4 is 4.74 Å². The van der Waals surface area contributed by atoms with Gasteiger partial charge >= 0.3 is 6.18 Å². The van der Waals surface area contributed by atoms with E-state index in [1.165, 1.54) is 10.9 Å². The van der Waals surface area contributed by atoms with Crippen molar-refractivity contribution >= 4 is 5.91 Å². The molecule has 2 fully saturated rings. The summed E-state index contributed by atoms with van der Waals surface area (Å²) in [5.41, 5.74) is 0.237. The van der Waals surface area contributed by atoms with E-state index in [-0.39, 0.29) is 35.9 Å². The number of fused-ring (bicyclic) bond motifs is 2. The number of amides is 1. The van der Waals surface area contributed by atoms with Crippen molar-refractivity contribution in [3.8, 4) is 11.6 Å². The molecule has 5 rings (SSSR count). The normalized spacial score (nSPS) is 24.7. The molecule has 3 aromatic rings. The maximum atomic E-state index is 13.6. The molecular formula is C22H20F3N5O2. The summed E-state index contributed by atoms with van der Waals surface area (Å²) in [6, 6.07) is 9.14. The van der Waals surface area contributed by atoms with Gasteiger partial charge in [0.1, 0.15) is 6.10 Å². The SMILES string of the molecule is C[C@H]1[C@@H]2C[C@H](Oc3ccc(C(F)(F)F)cn3)[C@@H](C2)N1C(=O)c1ccccc1-n1nccn1. The van der Waals surface area contributed by atoms with Gasteiger partial charge in [-0.1, -0.05) is 12.1 Å². The Kier molecular flexibility index (Phi) is 4.87. The van der Waals surface area contributed by atoms with Crippen molar-refractivity contribution in [2.45, 2.75) is 44.1 Å². The number of rotatable bonds is 4. The molecule has 2 aromatic heterocycles. The second-order valence-electron chi connectivity index (χ2n) is 8.13. The molecule has 1 saturated carbocycles. The number of nitrogens with zero attached hydrogens (tertiary/aromatic N) is 5. The molecule has 32 heavy (non-hydrogen) atoms. The minimum absolute atomic E-state index is 0.0200. The van der Waals surface area contributed by atoms with Crippen LogP contribution in [-0.2, 0) is 6.18 Å². The van der Waals surface area contributed by atoms with Crippen LogP contribution in [0, 0.1) is 5.92 Å². The van der Waals surface area contributed by atoms with Crippen molar-refractivity contribution in [1.82, 2.24) is 24.9 Å². The maximum absolute atomic E-state index is 13.6. The summed E-state index contributed by atoms with van der Waals surface area (Å²) in [5, 5.41) is 8.28. The molecule has 3 heterocycles. The monoisotopic (exact) mass is 443 g/mol. The lowest BCUT2D eigenvalue weighted by Crippen LogP contribution is -2.51. The van der Waals surface area contributed by atoms with Gasteiger partial charge in [0.15, 0.2) is 0 Å². The Labute approximate surface area is 181 Å². The second kappa shape index (κ2) is 7.61. The van der Waals surface area contributed by atoms with Crippen molar-refractivity contribution in [2.24, 2.45) is 5.92 Å². The topological polar surface area (TPSA) is 73.1 Å². The lowest BCUT2D eigenvalue weighted by atomic mass is 9.98. The average molecular weight is 443 g/mol. The number of likely N-dealkylation sites (tertiary alicyclic amines) is 1. The Morgan fingerprint density at radius 2 is 1.84 bits per heavy atom. The number of hydrogen-bond donors (Lipinski definition) is 0. The van der Waals surface area contributed by atoms with Gasteiger partial charge in [-0.15, -0.1) is 0 Å². The number of para-hydroxylation sites is 1. The molecule has 166 valence electrons. The largest absolute Gasteiger partial charge is 0.472 e. The van der Waals surface area contributed by atoms with Crippen LogP contribution in [0.2, 0.25) is 0 Å². The van der Waals surface area contributed by atoms with E-state index in [1.54, 1.807) is 30.6 Å². The Bertz CT molecular complexity index is 1120. The van der Waals surface area contributed by atoms with Crippen LogP contribution in [0.4, 0.5) is 13.2 Å². The highest BCUT2D eigenvalue weighted by molar-refractivity contribution is 5.98. The van der Waals surface area contributed by atoms with Gasteiger partial charge in [0.05, 0.1) is 35.2 Å². The van der Waals surface area contributed by atoms with Gasteiger partial charge in [0.25, 0.3) is 5.91 Å². The minimum Gasteiger partial charge on any atom is -0.472 e. The van der Waals surface area contributed by atoms with Crippen LogP contribution in [0.25, 0.3) is 5.69 Å². The summed E-state index contributed by atoms with van der Waals surface area (Å²) in [6.45, 7) is 2.02. The van der Waals surface area contributed by atoms with Gasteiger partial charge in [-0.05, 0) is 43.9 Å². The van der Waals surface area contributed by atoms with E-state index in [2.05, 4.69) is 15.2 Å². The van der Waals surface area contributed by atoms with Crippen LogP contribution >= 0.6 is 0 Å². The van der Waals surface area contributed by atoms with Crippen LogP contribution in [0.3, 0.4) is 0 Å². The third-order valence-electron chi connectivity index (χ3n) is 6.33. The molecule has 4 atom stereocenters. The van der Waals surface area contributed by atoms with E-state index < -0.39 is 11.7 Å². The molecule has 0 radical (unpaired) electrons. The predicted octanol–water partition coefficient (Wildman–Crippen LogP) is 3.75. The molecule has 1 amide bonds. The average Bonchev–Trinajstić information content (AvgIpc) is 3.50. The molecule has 0 spiro atoms. The minimum atomic E-state index is -4.45. The lowest BCUT2D eigenvalue weighted by molar-refractivity contribution is -0.137. The van der Waals surface area contributed by atoms with Gasteiger partial charge < -0.3 is 9.64 Å². The molecule has 2 bridgehead atoms. The fourth-order valence-corrected chi connectivity index (χ4v) is 4.77. The van der Waals surface area contributed by atoms with Gasteiger partial charge in [-0.3, -0.25) is 4.79 Å². The molecule has 1 saturated heterocycles. The van der Waals surface area contributed by atoms with Gasteiger partial charge in [-0.25, -0.2) is 4.98 Å². The number of carbonyl (C=O) groups excluding carboxylic acids is 1. The fourth-order valence-electron chi connectivity index (χ4n) is 4.77. The Hall–Kier alpha value is -3.43. The summed E-state index contributed by atoms with van der Waals surface area (Å²) >= 11 is 0. The highest BCUT2D eigenvalue weighted by Gasteiger charge is 2.53. The van der Waals surface area contributed by atoms with E-state index in [0.717, 1.165) is 25.1 Å². The van der Waals surface area contributed by atoms with Crippen molar-refractivity contribution in [1.29, 1.82) is 0 Å². The quantitative estimate of drug-likeness (QED) is 0.614. The van der Waals surface area contributed by atoms with E-state index in [9.17, 15) is 18.0 Å². The van der Waals surface area contributed by atoms with Crippen LogP contribution in [0.15, 0.2) is 55.0 Å². The first-order valence-corrected chi connectivity index (χ1v) is 10.3. The van der Waals surface area contributed by atoms with Crippen molar-refractivity contribution in [3.05, 3.63) is 66.1 Å². The molecule has 10 heteroatoms. The van der Waals surface area contributed by atoms with Gasteiger partial charge in [0, 0.05) is 18.3 Å². The number of ether oxygens (including phenoxy) is 1. The fraction of sp³-hybridized carbons (Fsp3) is 0.364. The number of piperidine rings is 1. The van der Waals surface area contributed by atoms with E-state index in [0.29, 0.717) is 11.3 Å². The summed E-state index contributed by atoms with van der Waals surface area (Å²) in [4.78, 5) is 20.6. The molecule has 1 aliphatic heterocycles. The highest BCUT2D eigenvalue weighted by atomic mass is 19.4. The first kappa shape index (κ1) is 20.5. The van der Waals surface area contributed by atoms with E-state index in [4.69, 9.17) is 4.74 Å². The third kappa shape index (κ3) is 3.49. The molecule has 0 N–H and O–H groups in total. The predicted molar refractivity (Wildman–Crippen MR) is 107 cm³/mol. The third-order valence-corrected chi connectivity index (χ3v) is 6.33. The number of pyridine rings is 1. The van der Waals surface area contributed by atoms with Gasteiger partial charge in [-0.2, -0.15) is 28.2 Å². The number of benzene rings is 1. The van der Waals surface area contributed by atoms with Crippen LogP contribution in [-0.4, -0.2) is 49.0 Å². The zero-order valence-corrected chi connectivity index (χ0v) is 17.1. The maximum Gasteiger partial charge on any atom is 0.417 e. The zero-order valence-electron chi connectivity index (χ0n) is 17.1.